The quantitative estimate of drug-likeness (QED) is 0.783. The van der Waals surface area contributed by atoms with E-state index in [0.29, 0.717) is 11.8 Å². The fraction of sp³-hybridized carbons (Fsp3) is 0.368. The zero-order chi connectivity index (χ0) is 15.8. The van der Waals surface area contributed by atoms with Crippen LogP contribution in [0, 0.1) is 0 Å². The summed E-state index contributed by atoms with van der Waals surface area (Å²) in [6.07, 6.45) is 3.14. The van der Waals surface area contributed by atoms with Gasteiger partial charge in [-0.1, -0.05) is 24.3 Å². The lowest BCUT2D eigenvalue weighted by Gasteiger charge is -2.14. The Morgan fingerprint density at radius 2 is 1.55 bits per heavy atom. The number of phenols is 1. The van der Waals surface area contributed by atoms with Crippen LogP contribution >= 0.6 is 0 Å². The highest BCUT2D eigenvalue weighted by atomic mass is 16.5. The summed E-state index contributed by atoms with van der Waals surface area (Å²) in [6, 6.07) is 16.2. The highest BCUT2D eigenvalue weighted by molar-refractivity contribution is 5.27. The third-order valence-electron chi connectivity index (χ3n) is 3.87. The van der Waals surface area contributed by atoms with Crippen LogP contribution in [0.4, 0.5) is 0 Å². The van der Waals surface area contributed by atoms with Crippen molar-refractivity contribution in [1.82, 2.24) is 5.32 Å². The van der Waals surface area contributed by atoms with E-state index in [1.54, 1.807) is 19.2 Å². The molecule has 0 amide bonds. The molecule has 0 radical (unpaired) electrons. The van der Waals surface area contributed by atoms with E-state index in [1.807, 2.05) is 24.3 Å². The zero-order valence-corrected chi connectivity index (χ0v) is 13.4. The average molecular weight is 299 g/mol. The molecule has 0 spiro atoms. The molecule has 2 aromatic rings. The van der Waals surface area contributed by atoms with Crippen molar-refractivity contribution >= 4 is 0 Å². The van der Waals surface area contributed by atoms with Crippen LogP contribution in [-0.4, -0.2) is 24.8 Å². The Morgan fingerprint density at radius 1 is 0.955 bits per heavy atom. The van der Waals surface area contributed by atoms with Crippen molar-refractivity contribution in [3.63, 3.8) is 0 Å². The fourth-order valence-electron chi connectivity index (χ4n) is 2.40. The van der Waals surface area contributed by atoms with Crippen LogP contribution in [0.15, 0.2) is 48.5 Å². The molecule has 3 nitrogen and oxygen atoms in total. The Hall–Kier alpha value is -2.00. The second-order valence-electron chi connectivity index (χ2n) is 5.66. The van der Waals surface area contributed by atoms with Crippen LogP contribution in [0.2, 0.25) is 0 Å². The van der Waals surface area contributed by atoms with Crippen LogP contribution in [0.5, 0.6) is 11.5 Å². The number of hydrogen-bond donors (Lipinski definition) is 2. The summed E-state index contributed by atoms with van der Waals surface area (Å²) in [5, 5.41) is 12.8. The molecular formula is C19H25NO2. The van der Waals surface area contributed by atoms with Crippen LogP contribution in [0.3, 0.4) is 0 Å². The van der Waals surface area contributed by atoms with Gasteiger partial charge in [0.1, 0.15) is 11.5 Å². The van der Waals surface area contributed by atoms with E-state index in [1.165, 1.54) is 11.1 Å². The lowest BCUT2D eigenvalue weighted by atomic mass is 10.1. The Labute approximate surface area is 133 Å². The molecular weight excluding hydrogens is 274 g/mol. The summed E-state index contributed by atoms with van der Waals surface area (Å²) in [5.41, 5.74) is 2.58. The van der Waals surface area contributed by atoms with Crippen molar-refractivity contribution in [1.29, 1.82) is 0 Å². The maximum Gasteiger partial charge on any atom is 0.118 e. The van der Waals surface area contributed by atoms with Crippen LogP contribution in [0.25, 0.3) is 0 Å². The van der Waals surface area contributed by atoms with Gasteiger partial charge < -0.3 is 15.2 Å². The molecule has 118 valence electrons. The Morgan fingerprint density at radius 3 is 2.18 bits per heavy atom. The van der Waals surface area contributed by atoms with E-state index < -0.39 is 0 Å². The van der Waals surface area contributed by atoms with E-state index in [-0.39, 0.29) is 0 Å². The van der Waals surface area contributed by atoms with Crippen molar-refractivity contribution in [2.75, 3.05) is 13.7 Å². The summed E-state index contributed by atoms with van der Waals surface area (Å²) < 4.78 is 5.16. The van der Waals surface area contributed by atoms with Crippen LogP contribution < -0.4 is 10.1 Å². The van der Waals surface area contributed by atoms with Gasteiger partial charge in [0.05, 0.1) is 7.11 Å². The van der Waals surface area contributed by atoms with Gasteiger partial charge in [-0.2, -0.15) is 0 Å². The number of ether oxygens (including phenoxy) is 1. The molecule has 1 atom stereocenters. The van der Waals surface area contributed by atoms with E-state index in [4.69, 9.17) is 4.74 Å². The van der Waals surface area contributed by atoms with Crippen molar-refractivity contribution < 1.29 is 9.84 Å². The summed E-state index contributed by atoms with van der Waals surface area (Å²) in [6.45, 7) is 3.19. The molecule has 0 aliphatic heterocycles. The number of hydrogen-bond acceptors (Lipinski definition) is 3. The molecule has 3 heteroatoms. The largest absolute Gasteiger partial charge is 0.508 e. The van der Waals surface area contributed by atoms with Gasteiger partial charge in [0.2, 0.25) is 0 Å². The summed E-state index contributed by atoms with van der Waals surface area (Å²) in [4.78, 5) is 0. The molecule has 0 heterocycles. The van der Waals surface area contributed by atoms with Crippen molar-refractivity contribution in [3.05, 3.63) is 59.7 Å². The molecule has 0 aliphatic carbocycles. The van der Waals surface area contributed by atoms with Crippen molar-refractivity contribution in [2.24, 2.45) is 0 Å². The molecule has 0 unspecified atom stereocenters. The second-order valence-corrected chi connectivity index (χ2v) is 5.66. The van der Waals surface area contributed by atoms with Gasteiger partial charge in [0.25, 0.3) is 0 Å². The number of nitrogens with one attached hydrogen (secondary N) is 1. The second kappa shape index (κ2) is 8.44. The topological polar surface area (TPSA) is 41.5 Å². The van der Waals surface area contributed by atoms with Gasteiger partial charge in [-0.15, -0.1) is 0 Å². The predicted molar refractivity (Wildman–Crippen MR) is 90.6 cm³/mol. The van der Waals surface area contributed by atoms with Gasteiger partial charge >= 0.3 is 0 Å². The van der Waals surface area contributed by atoms with Gasteiger partial charge in [0.15, 0.2) is 0 Å². The molecule has 2 aromatic carbocycles. The van der Waals surface area contributed by atoms with E-state index in [0.717, 1.165) is 31.6 Å². The minimum atomic E-state index is 0.328. The highest BCUT2D eigenvalue weighted by Crippen LogP contribution is 2.13. The maximum absolute atomic E-state index is 9.27. The predicted octanol–water partition coefficient (Wildman–Crippen LogP) is 3.55. The molecule has 0 aromatic heterocycles. The van der Waals surface area contributed by atoms with Crippen molar-refractivity contribution in [2.45, 2.75) is 32.2 Å². The van der Waals surface area contributed by atoms with E-state index in [9.17, 15) is 5.11 Å². The standard InChI is InChI=1S/C19H25NO2/c1-15(3-4-16-5-9-18(21)10-6-16)20-14-13-17-7-11-19(22-2)12-8-17/h5-12,15,20-21H,3-4,13-14H2,1-2H3/t15-/m0/s1. The smallest absolute Gasteiger partial charge is 0.118 e. The molecule has 0 saturated carbocycles. The summed E-state index contributed by atoms with van der Waals surface area (Å²) in [7, 11) is 1.69. The first kappa shape index (κ1) is 16.4. The summed E-state index contributed by atoms with van der Waals surface area (Å²) >= 11 is 0. The number of aryl methyl sites for hydroxylation is 1. The van der Waals surface area contributed by atoms with E-state index in [2.05, 4.69) is 24.4 Å². The molecule has 0 bridgehead atoms. The lowest BCUT2D eigenvalue weighted by Crippen LogP contribution is -2.28. The SMILES string of the molecule is COc1ccc(CCN[C@@H](C)CCc2ccc(O)cc2)cc1. The molecule has 2 N–H and O–H groups in total. The Kier molecular flexibility index (Phi) is 6.28. The van der Waals surface area contributed by atoms with Crippen LogP contribution in [0.1, 0.15) is 24.5 Å². The first-order valence-corrected chi connectivity index (χ1v) is 7.81. The maximum atomic E-state index is 9.27. The van der Waals surface area contributed by atoms with Crippen molar-refractivity contribution in [3.8, 4) is 11.5 Å². The number of aromatic hydroxyl groups is 1. The van der Waals surface area contributed by atoms with Gasteiger partial charge in [0, 0.05) is 6.04 Å². The van der Waals surface area contributed by atoms with Gasteiger partial charge in [-0.05, 0) is 68.1 Å². The molecule has 0 fully saturated rings. The number of phenolic OH excluding ortho intramolecular Hbond substituents is 1. The minimum Gasteiger partial charge on any atom is -0.508 e. The third kappa shape index (κ3) is 5.41. The Bertz CT molecular complexity index is 549. The first-order chi connectivity index (χ1) is 10.7. The molecule has 22 heavy (non-hydrogen) atoms. The first-order valence-electron chi connectivity index (χ1n) is 7.81. The Balaban J connectivity index is 1.66. The van der Waals surface area contributed by atoms with Gasteiger partial charge in [-0.3, -0.25) is 0 Å². The zero-order valence-electron chi connectivity index (χ0n) is 13.4. The third-order valence-corrected chi connectivity index (χ3v) is 3.87. The number of benzene rings is 2. The fourth-order valence-corrected chi connectivity index (χ4v) is 2.40. The van der Waals surface area contributed by atoms with Gasteiger partial charge in [-0.25, -0.2) is 0 Å². The molecule has 2 rings (SSSR count). The van der Waals surface area contributed by atoms with Crippen LogP contribution in [-0.2, 0) is 12.8 Å². The normalized spacial score (nSPS) is 12.1. The monoisotopic (exact) mass is 299 g/mol. The number of methoxy groups -OCH3 is 1. The van der Waals surface area contributed by atoms with E-state index >= 15 is 0 Å². The summed E-state index contributed by atoms with van der Waals surface area (Å²) in [5.74, 6) is 1.23. The number of rotatable bonds is 8. The molecule has 0 aliphatic rings. The molecule has 0 saturated heterocycles. The minimum absolute atomic E-state index is 0.328. The average Bonchev–Trinajstić information content (AvgIpc) is 2.55. The highest BCUT2D eigenvalue weighted by Gasteiger charge is 2.03. The lowest BCUT2D eigenvalue weighted by molar-refractivity contribution is 0.414.